The molecule has 0 bridgehead atoms. The number of hydrogen-bond acceptors (Lipinski definition) is 9. The Balaban J connectivity index is -0.0000000655. The molecule has 0 amide bonds. The number of thiocarbonyl (C=S) groups is 3. The SMILES string of the molecule is COC(=S)[S-].COC(=S)[S-].COC(=S)[S-].[Nd+3]. The first-order valence-electron chi connectivity index (χ1n) is 3.06. The Labute approximate surface area is 161 Å². The topological polar surface area (TPSA) is 27.7 Å². The van der Waals surface area contributed by atoms with Gasteiger partial charge in [0.1, 0.15) is 0 Å². The summed E-state index contributed by atoms with van der Waals surface area (Å²) in [6.07, 6.45) is 0. The second kappa shape index (κ2) is 21.9. The van der Waals surface area contributed by atoms with Crippen molar-refractivity contribution < 1.29 is 55.0 Å². The van der Waals surface area contributed by atoms with Gasteiger partial charge in [-0.2, -0.15) is 0 Å². The van der Waals surface area contributed by atoms with Gasteiger partial charge in [0.25, 0.3) is 0 Å². The summed E-state index contributed by atoms with van der Waals surface area (Å²) < 4.78 is 13.4. The largest absolute Gasteiger partial charge is 3.00 e. The summed E-state index contributed by atoms with van der Waals surface area (Å²) in [4.78, 5) is 0. The molecule has 10 heteroatoms. The zero-order valence-corrected chi connectivity index (χ0v) is 16.8. The van der Waals surface area contributed by atoms with Crippen LogP contribution in [0.2, 0.25) is 0 Å². The molecule has 0 spiro atoms. The molecule has 0 unspecified atom stereocenters. The van der Waals surface area contributed by atoms with E-state index in [-0.39, 0.29) is 54.0 Å². The molecular weight excluding hydrogens is 457 g/mol. The van der Waals surface area contributed by atoms with E-state index in [1.54, 1.807) is 0 Å². The fourth-order valence-corrected chi connectivity index (χ4v) is 0. The van der Waals surface area contributed by atoms with Crippen LogP contribution in [0.1, 0.15) is 0 Å². The van der Waals surface area contributed by atoms with Gasteiger partial charge in [0.15, 0.2) is 0 Å². The maximum Gasteiger partial charge on any atom is 3.00 e. The van der Waals surface area contributed by atoms with E-state index in [1.165, 1.54) is 21.3 Å². The Bertz CT molecular complexity index is 167. The van der Waals surface area contributed by atoms with E-state index < -0.39 is 0 Å². The van der Waals surface area contributed by atoms with Gasteiger partial charge < -0.3 is 88.8 Å². The van der Waals surface area contributed by atoms with E-state index in [0.29, 0.717) is 0 Å². The van der Waals surface area contributed by atoms with Crippen LogP contribution < -0.4 is 0 Å². The normalized spacial score (nSPS) is 6.19. The molecule has 0 aromatic heterocycles. The van der Waals surface area contributed by atoms with Crippen LogP contribution in [0.3, 0.4) is 0 Å². The van der Waals surface area contributed by atoms with E-state index in [4.69, 9.17) is 0 Å². The molecule has 0 aliphatic carbocycles. The molecule has 91 valence electrons. The molecule has 0 rings (SSSR count). The van der Waals surface area contributed by atoms with Gasteiger partial charge in [0, 0.05) is 13.1 Å². The zero-order valence-electron chi connectivity index (χ0n) is 8.67. The van der Waals surface area contributed by atoms with Crippen molar-refractivity contribution in [3.8, 4) is 0 Å². The molecule has 16 heavy (non-hydrogen) atoms. The van der Waals surface area contributed by atoms with Crippen molar-refractivity contribution in [2.24, 2.45) is 0 Å². The molecule has 0 aliphatic heterocycles. The standard InChI is InChI=1S/3C2H4OS2.Nd/c3*1-3-2(4)5;/h3*1H3,(H,4,5);/q;;;+3/p-3. The van der Waals surface area contributed by atoms with Gasteiger partial charge in [0.05, 0.1) is 21.3 Å². The Morgan fingerprint density at radius 2 is 0.750 bits per heavy atom. The summed E-state index contributed by atoms with van der Waals surface area (Å²) in [5.41, 5.74) is 0. The van der Waals surface area contributed by atoms with Gasteiger partial charge >= 0.3 is 40.8 Å². The van der Waals surface area contributed by atoms with Crippen LogP contribution in [0.25, 0.3) is 0 Å². The van der Waals surface area contributed by atoms with Gasteiger partial charge in [0.2, 0.25) is 0 Å². The first-order valence-corrected chi connectivity index (χ1v) is 5.51. The molecule has 0 atom stereocenters. The Hall–Kier alpha value is 1.68. The van der Waals surface area contributed by atoms with Crippen LogP contribution in [0.5, 0.6) is 0 Å². The molecule has 0 aromatic rings. The Kier molecular flexibility index (Phi) is 36.0. The van der Waals surface area contributed by atoms with Gasteiger partial charge in [-0.1, -0.05) is 0 Å². The maximum absolute atomic E-state index is 4.30. The fraction of sp³-hybridized carbons (Fsp3) is 0.500. The van der Waals surface area contributed by atoms with Crippen LogP contribution in [-0.2, 0) is 52.1 Å². The van der Waals surface area contributed by atoms with Crippen molar-refractivity contribution in [3.63, 3.8) is 0 Å². The number of rotatable bonds is 0. The van der Waals surface area contributed by atoms with Crippen molar-refractivity contribution in [1.29, 1.82) is 0 Å². The van der Waals surface area contributed by atoms with Crippen LogP contribution in [0.15, 0.2) is 0 Å². The van der Waals surface area contributed by atoms with Crippen molar-refractivity contribution in [1.82, 2.24) is 0 Å². The average molecular weight is 466 g/mol. The number of ether oxygens (including phenoxy) is 3. The molecule has 0 fully saturated rings. The summed E-state index contributed by atoms with van der Waals surface area (Å²) >= 11 is 25.7. The van der Waals surface area contributed by atoms with Crippen molar-refractivity contribution in [3.05, 3.63) is 0 Å². The van der Waals surface area contributed by atoms with Crippen LogP contribution in [-0.4, -0.2) is 34.5 Å². The van der Waals surface area contributed by atoms with Gasteiger partial charge in [-0.05, 0) is 0 Å². The molecule has 0 aliphatic rings. The third kappa shape index (κ3) is 57.3. The third-order valence-corrected chi connectivity index (χ3v) is 1.50. The smallest absolute Gasteiger partial charge is 0.517 e. The molecule has 0 saturated heterocycles. The summed E-state index contributed by atoms with van der Waals surface area (Å²) in [6, 6.07) is 0. The van der Waals surface area contributed by atoms with Gasteiger partial charge in [-0.3, -0.25) is 0 Å². The fourth-order valence-electron chi connectivity index (χ4n) is 0. The van der Waals surface area contributed by atoms with E-state index in [1.807, 2.05) is 0 Å². The van der Waals surface area contributed by atoms with Crippen LogP contribution in [0.4, 0.5) is 0 Å². The number of hydrogen-bond donors (Lipinski definition) is 0. The van der Waals surface area contributed by atoms with Gasteiger partial charge in [-0.25, -0.2) is 0 Å². The first-order chi connectivity index (χ1) is 6.81. The molecule has 0 N–H and O–H groups in total. The van der Waals surface area contributed by atoms with Crippen LogP contribution >= 0.6 is 36.7 Å². The predicted octanol–water partition coefficient (Wildman–Crippen LogP) is 1.39. The average Bonchev–Trinajstić information content (AvgIpc) is 2.19. The third-order valence-electron chi connectivity index (χ3n) is 0.500. The van der Waals surface area contributed by atoms with Crippen LogP contribution in [0, 0.1) is 40.8 Å². The van der Waals surface area contributed by atoms with Crippen molar-refractivity contribution in [2.45, 2.75) is 0 Å². The van der Waals surface area contributed by atoms with Crippen molar-refractivity contribution >= 4 is 87.7 Å². The zero-order chi connectivity index (χ0) is 12.9. The molecular formula is C6H9NdO3S6. The Morgan fingerprint density at radius 3 is 0.750 bits per heavy atom. The summed E-state index contributed by atoms with van der Waals surface area (Å²) in [5.74, 6) is 0. The minimum atomic E-state index is 0. The minimum Gasteiger partial charge on any atom is -0.517 e. The predicted molar refractivity (Wildman–Crippen MR) is 80.9 cm³/mol. The van der Waals surface area contributed by atoms with E-state index >= 15 is 0 Å². The van der Waals surface area contributed by atoms with Gasteiger partial charge in [-0.15, -0.1) is 0 Å². The maximum atomic E-state index is 4.30. The van der Waals surface area contributed by atoms with Crippen molar-refractivity contribution in [2.75, 3.05) is 21.3 Å². The molecule has 0 aromatic carbocycles. The number of methoxy groups -OCH3 is 3. The minimum absolute atomic E-state index is 0. The molecule has 0 heterocycles. The monoisotopic (exact) mass is 463 g/mol. The van der Waals surface area contributed by atoms with E-state index in [9.17, 15) is 0 Å². The Morgan fingerprint density at radius 1 is 0.688 bits per heavy atom. The van der Waals surface area contributed by atoms with E-state index in [0.717, 1.165) is 0 Å². The summed E-state index contributed by atoms with van der Waals surface area (Å²) in [7, 11) is 4.36. The molecule has 1 radical (unpaired) electrons. The summed E-state index contributed by atoms with van der Waals surface area (Å²) in [6.45, 7) is 0. The molecule has 3 nitrogen and oxygen atoms in total. The summed E-state index contributed by atoms with van der Waals surface area (Å²) in [5, 5.41) is 0. The van der Waals surface area contributed by atoms with E-state index in [2.05, 4.69) is 88.8 Å². The first kappa shape index (κ1) is 26.3. The quantitative estimate of drug-likeness (QED) is 0.389. The molecule has 0 saturated carbocycles. The second-order valence-electron chi connectivity index (χ2n) is 1.36. The second-order valence-corrected chi connectivity index (χ2v) is 4.36.